The standard InChI is InChI=1S/C18H27NO5/c1-17(2,3)15(21)23-13-8-7-11(12(20)10-19)9-14(13)24-16(22)18(4,5)6/h7-9,12,20H,10,19H2,1-6H3. The van der Waals surface area contributed by atoms with Gasteiger partial charge in [-0.1, -0.05) is 6.07 Å². The Morgan fingerprint density at radius 2 is 1.46 bits per heavy atom. The van der Waals surface area contributed by atoms with Crippen LogP contribution in [0.15, 0.2) is 18.2 Å². The second kappa shape index (κ2) is 7.32. The number of nitrogens with two attached hydrogens (primary N) is 1. The number of ether oxygens (including phenoxy) is 2. The maximum Gasteiger partial charge on any atom is 0.316 e. The number of esters is 2. The van der Waals surface area contributed by atoms with Crippen molar-refractivity contribution in [3.8, 4) is 11.5 Å². The molecule has 0 saturated heterocycles. The molecule has 0 saturated carbocycles. The largest absolute Gasteiger partial charge is 0.422 e. The van der Waals surface area contributed by atoms with Crippen molar-refractivity contribution in [2.45, 2.75) is 47.6 Å². The maximum absolute atomic E-state index is 12.2. The molecule has 0 aliphatic rings. The summed E-state index contributed by atoms with van der Waals surface area (Å²) in [6, 6.07) is 4.53. The van der Waals surface area contributed by atoms with E-state index in [1.54, 1.807) is 47.6 Å². The molecule has 0 aromatic heterocycles. The van der Waals surface area contributed by atoms with E-state index in [2.05, 4.69) is 0 Å². The molecule has 1 aromatic rings. The highest BCUT2D eigenvalue weighted by atomic mass is 16.6. The monoisotopic (exact) mass is 337 g/mol. The van der Waals surface area contributed by atoms with Crippen LogP contribution in [0.25, 0.3) is 0 Å². The van der Waals surface area contributed by atoms with Crippen LogP contribution in [0.3, 0.4) is 0 Å². The van der Waals surface area contributed by atoms with Gasteiger partial charge in [-0.3, -0.25) is 9.59 Å². The summed E-state index contributed by atoms with van der Waals surface area (Å²) >= 11 is 0. The Hall–Kier alpha value is -1.92. The van der Waals surface area contributed by atoms with Crippen LogP contribution >= 0.6 is 0 Å². The fourth-order valence-corrected chi connectivity index (χ4v) is 1.54. The van der Waals surface area contributed by atoms with Gasteiger partial charge in [-0.05, 0) is 59.2 Å². The number of carbonyl (C=O) groups is 2. The van der Waals surface area contributed by atoms with Gasteiger partial charge in [0.1, 0.15) is 0 Å². The molecule has 24 heavy (non-hydrogen) atoms. The summed E-state index contributed by atoms with van der Waals surface area (Å²) in [4.78, 5) is 24.3. The van der Waals surface area contributed by atoms with Gasteiger partial charge in [-0.2, -0.15) is 0 Å². The molecule has 0 aliphatic carbocycles. The maximum atomic E-state index is 12.2. The zero-order chi connectivity index (χ0) is 18.7. The molecule has 1 aromatic carbocycles. The number of benzene rings is 1. The average molecular weight is 337 g/mol. The van der Waals surface area contributed by atoms with Gasteiger partial charge in [0.25, 0.3) is 0 Å². The van der Waals surface area contributed by atoms with Crippen molar-refractivity contribution in [3.63, 3.8) is 0 Å². The number of rotatable bonds is 4. The Morgan fingerprint density at radius 3 is 1.88 bits per heavy atom. The van der Waals surface area contributed by atoms with E-state index in [1.165, 1.54) is 12.1 Å². The molecule has 0 spiro atoms. The lowest BCUT2D eigenvalue weighted by Gasteiger charge is -2.21. The zero-order valence-corrected chi connectivity index (χ0v) is 15.2. The number of carbonyl (C=O) groups excluding carboxylic acids is 2. The van der Waals surface area contributed by atoms with E-state index in [4.69, 9.17) is 15.2 Å². The summed E-state index contributed by atoms with van der Waals surface area (Å²) in [6.07, 6.45) is -0.899. The molecule has 1 rings (SSSR count). The van der Waals surface area contributed by atoms with Crippen LogP contribution in [-0.4, -0.2) is 23.6 Å². The highest BCUT2D eigenvalue weighted by molar-refractivity contribution is 5.81. The Balaban J connectivity index is 3.22. The molecule has 134 valence electrons. The van der Waals surface area contributed by atoms with E-state index in [0.29, 0.717) is 5.56 Å². The topological polar surface area (TPSA) is 98.8 Å². The summed E-state index contributed by atoms with van der Waals surface area (Å²) in [5.74, 6) is -0.726. The zero-order valence-electron chi connectivity index (χ0n) is 15.2. The van der Waals surface area contributed by atoms with Crippen LogP contribution in [0.4, 0.5) is 0 Å². The van der Waals surface area contributed by atoms with Crippen molar-refractivity contribution in [2.75, 3.05) is 6.54 Å². The van der Waals surface area contributed by atoms with Crippen LogP contribution in [0.1, 0.15) is 53.2 Å². The molecule has 6 heteroatoms. The van der Waals surface area contributed by atoms with Crippen molar-refractivity contribution >= 4 is 11.9 Å². The quantitative estimate of drug-likeness (QED) is 0.647. The van der Waals surface area contributed by atoms with Gasteiger partial charge < -0.3 is 20.3 Å². The second-order valence-electron chi connectivity index (χ2n) is 7.74. The van der Waals surface area contributed by atoms with E-state index < -0.39 is 28.9 Å². The number of hydrogen-bond donors (Lipinski definition) is 2. The minimum absolute atomic E-state index is 0.0216. The SMILES string of the molecule is CC(C)(C)C(=O)Oc1ccc(C(O)CN)cc1OC(=O)C(C)(C)C. The van der Waals surface area contributed by atoms with Crippen molar-refractivity contribution in [2.24, 2.45) is 16.6 Å². The lowest BCUT2D eigenvalue weighted by molar-refractivity contribution is -0.145. The van der Waals surface area contributed by atoms with Crippen molar-refractivity contribution < 1.29 is 24.2 Å². The minimum Gasteiger partial charge on any atom is -0.422 e. The molecule has 0 heterocycles. The number of aliphatic hydroxyl groups is 1. The van der Waals surface area contributed by atoms with Crippen molar-refractivity contribution in [3.05, 3.63) is 23.8 Å². The third-order valence-corrected chi connectivity index (χ3v) is 3.21. The highest BCUT2D eigenvalue weighted by Gasteiger charge is 2.28. The Morgan fingerprint density at radius 1 is 1.00 bits per heavy atom. The fraction of sp³-hybridized carbons (Fsp3) is 0.556. The van der Waals surface area contributed by atoms with Gasteiger partial charge in [0.15, 0.2) is 11.5 Å². The molecule has 1 atom stereocenters. The van der Waals surface area contributed by atoms with E-state index in [9.17, 15) is 14.7 Å². The van der Waals surface area contributed by atoms with Crippen LogP contribution in [-0.2, 0) is 9.59 Å². The van der Waals surface area contributed by atoms with E-state index in [0.717, 1.165) is 0 Å². The van der Waals surface area contributed by atoms with Crippen molar-refractivity contribution in [1.82, 2.24) is 0 Å². The first-order chi connectivity index (χ1) is 10.9. The summed E-state index contributed by atoms with van der Waals surface area (Å²) in [5, 5.41) is 9.88. The van der Waals surface area contributed by atoms with E-state index in [-0.39, 0.29) is 18.0 Å². The van der Waals surface area contributed by atoms with Crippen LogP contribution < -0.4 is 15.2 Å². The van der Waals surface area contributed by atoms with Gasteiger partial charge in [0.2, 0.25) is 0 Å². The molecule has 3 N–H and O–H groups in total. The smallest absolute Gasteiger partial charge is 0.316 e. The molecule has 0 radical (unpaired) electrons. The van der Waals surface area contributed by atoms with Gasteiger partial charge in [-0.25, -0.2) is 0 Å². The van der Waals surface area contributed by atoms with Crippen molar-refractivity contribution in [1.29, 1.82) is 0 Å². The fourth-order valence-electron chi connectivity index (χ4n) is 1.54. The molecule has 0 fully saturated rings. The first kappa shape index (κ1) is 20.1. The Bertz CT molecular complexity index is 611. The molecule has 1 unspecified atom stereocenters. The molecule has 0 aliphatic heterocycles. The van der Waals surface area contributed by atoms with Crippen LogP contribution in [0, 0.1) is 10.8 Å². The normalized spacial score (nSPS) is 13.3. The summed E-state index contributed by atoms with van der Waals surface area (Å²) < 4.78 is 10.8. The summed E-state index contributed by atoms with van der Waals surface area (Å²) in [6.45, 7) is 10.3. The molecular weight excluding hydrogens is 310 g/mol. The summed E-state index contributed by atoms with van der Waals surface area (Å²) in [5.41, 5.74) is 4.50. The lowest BCUT2D eigenvalue weighted by Crippen LogP contribution is -2.28. The molecule has 0 bridgehead atoms. The number of hydrogen-bond acceptors (Lipinski definition) is 6. The molecule has 0 amide bonds. The molecule has 6 nitrogen and oxygen atoms in total. The lowest BCUT2D eigenvalue weighted by atomic mass is 9.97. The van der Waals surface area contributed by atoms with Gasteiger partial charge in [-0.15, -0.1) is 0 Å². The number of aliphatic hydroxyl groups excluding tert-OH is 1. The van der Waals surface area contributed by atoms with Gasteiger partial charge in [0, 0.05) is 6.54 Å². The first-order valence-electron chi connectivity index (χ1n) is 7.83. The third-order valence-electron chi connectivity index (χ3n) is 3.21. The molecular formula is C18H27NO5. The van der Waals surface area contributed by atoms with E-state index in [1.807, 2.05) is 0 Å². The van der Waals surface area contributed by atoms with Crippen LogP contribution in [0.2, 0.25) is 0 Å². The minimum atomic E-state index is -0.899. The highest BCUT2D eigenvalue weighted by Crippen LogP contribution is 2.33. The van der Waals surface area contributed by atoms with Crippen LogP contribution in [0.5, 0.6) is 11.5 Å². The first-order valence-corrected chi connectivity index (χ1v) is 7.83. The third kappa shape index (κ3) is 5.32. The Kier molecular flexibility index (Phi) is 6.14. The summed E-state index contributed by atoms with van der Waals surface area (Å²) in [7, 11) is 0. The second-order valence-corrected chi connectivity index (χ2v) is 7.74. The Labute approximate surface area is 142 Å². The predicted molar refractivity (Wildman–Crippen MR) is 90.6 cm³/mol. The predicted octanol–water partition coefficient (Wildman–Crippen LogP) is 2.58. The van der Waals surface area contributed by atoms with E-state index >= 15 is 0 Å². The van der Waals surface area contributed by atoms with Gasteiger partial charge >= 0.3 is 11.9 Å². The average Bonchev–Trinajstić information content (AvgIpc) is 2.45. The van der Waals surface area contributed by atoms with Gasteiger partial charge in [0.05, 0.1) is 16.9 Å².